The van der Waals surface area contributed by atoms with Gasteiger partial charge < -0.3 is 14.8 Å². The van der Waals surface area contributed by atoms with Gasteiger partial charge in [-0.05, 0) is 58.0 Å². The third-order valence-corrected chi connectivity index (χ3v) is 3.98. The first-order valence-corrected chi connectivity index (χ1v) is 7.11. The van der Waals surface area contributed by atoms with Crippen molar-refractivity contribution in [3.05, 3.63) is 29.8 Å². The summed E-state index contributed by atoms with van der Waals surface area (Å²) in [6, 6.07) is 7.08. The molecule has 1 aromatic rings. The van der Waals surface area contributed by atoms with Crippen LogP contribution in [0.5, 0.6) is 5.75 Å². The third-order valence-electron chi connectivity index (χ3n) is 3.98. The number of nitrogens with one attached hydrogen (secondary N) is 1. The maximum atomic E-state index is 12.3. The summed E-state index contributed by atoms with van der Waals surface area (Å²) in [6.45, 7) is 5.98. The molecule has 0 spiro atoms. The van der Waals surface area contributed by atoms with Gasteiger partial charge >= 0.3 is 5.97 Å². The lowest BCUT2D eigenvalue weighted by atomic mass is 9.83. The van der Waals surface area contributed by atoms with E-state index in [2.05, 4.69) is 5.32 Å². The van der Waals surface area contributed by atoms with E-state index < -0.39 is 5.60 Å². The Hall–Kier alpha value is -1.55. The van der Waals surface area contributed by atoms with Crippen LogP contribution in [0.4, 0.5) is 0 Å². The van der Waals surface area contributed by atoms with Gasteiger partial charge in [-0.3, -0.25) is 0 Å². The number of carbonyl (C=O) groups excluding carboxylic acids is 1. The molecule has 0 bridgehead atoms. The van der Waals surface area contributed by atoms with Crippen LogP contribution in [0.1, 0.15) is 37.0 Å². The Labute approximate surface area is 120 Å². The van der Waals surface area contributed by atoms with Crippen molar-refractivity contribution in [2.45, 2.75) is 32.3 Å². The Bertz CT molecular complexity index is 465. The first-order valence-electron chi connectivity index (χ1n) is 7.11. The molecular formula is C16H23NO3. The second-order valence-electron chi connectivity index (χ2n) is 5.75. The summed E-state index contributed by atoms with van der Waals surface area (Å²) in [6.07, 6.45) is 2.08. The fourth-order valence-electron chi connectivity index (χ4n) is 2.65. The molecule has 0 aliphatic carbocycles. The van der Waals surface area contributed by atoms with Gasteiger partial charge in [-0.25, -0.2) is 4.79 Å². The highest BCUT2D eigenvalue weighted by Crippen LogP contribution is 2.30. The number of esters is 1. The highest BCUT2D eigenvalue weighted by molar-refractivity contribution is 5.90. The van der Waals surface area contributed by atoms with Gasteiger partial charge in [-0.1, -0.05) is 6.07 Å². The zero-order valence-corrected chi connectivity index (χ0v) is 12.4. The first kappa shape index (κ1) is 14.9. The molecule has 110 valence electrons. The van der Waals surface area contributed by atoms with Crippen LogP contribution in [0.15, 0.2) is 24.3 Å². The van der Waals surface area contributed by atoms with Crippen LogP contribution in [0.3, 0.4) is 0 Å². The lowest BCUT2D eigenvalue weighted by molar-refractivity contribution is -0.0368. The second kappa shape index (κ2) is 6.27. The van der Waals surface area contributed by atoms with Gasteiger partial charge in [0.2, 0.25) is 0 Å². The van der Waals surface area contributed by atoms with E-state index in [4.69, 9.17) is 9.47 Å². The maximum Gasteiger partial charge on any atom is 0.338 e. The number of ether oxygens (including phenoxy) is 2. The van der Waals surface area contributed by atoms with E-state index in [1.54, 1.807) is 25.3 Å². The lowest BCUT2D eigenvalue weighted by Gasteiger charge is -2.36. The first-order chi connectivity index (χ1) is 9.53. The molecular weight excluding hydrogens is 254 g/mol. The summed E-state index contributed by atoms with van der Waals surface area (Å²) in [5, 5.41) is 3.33. The summed E-state index contributed by atoms with van der Waals surface area (Å²) in [4.78, 5) is 12.3. The number of benzene rings is 1. The van der Waals surface area contributed by atoms with Crippen LogP contribution in [0, 0.1) is 5.92 Å². The molecule has 0 atom stereocenters. The second-order valence-corrected chi connectivity index (χ2v) is 5.75. The van der Waals surface area contributed by atoms with Crippen LogP contribution >= 0.6 is 0 Å². The number of hydrogen-bond acceptors (Lipinski definition) is 4. The van der Waals surface area contributed by atoms with E-state index in [0.717, 1.165) is 25.9 Å². The van der Waals surface area contributed by atoms with Crippen LogP contribution in [0.25, 0.3) is 0 Å². The fourth-order valence-corrected chi connectivity index (χ4v) is 2.65. The van der Waals surface area contributed by atoms with Crippen LogP contribution in [-0.2, 0) is 4.74 Å². The SMILES string of the molecule is COc1cccc(C(=O)OC(C)(C)C2CCNCC2)c1. The van der Waals surface area contributed by atoms with Gasteiger partial charge in [-0.2, -0.15) is 0 Å². The van der Waals surface area contributed by atoms with Gasteiger partial charge in [0.25, 0.3) is 0 Å². The van der Waals surface area contributed by atoms with Crippen molar-refractivity contribution in [1.82, 2.24) is 5.32 Å². The highest BCUT2D eigenvalue weighted by atomic mass is 16.6. The van der Waals surface area contributed by atoms with Crippen molar-refractivity contribution < 1.29 is 14.3 Å². The Morgan fingerprint density at radius 1 is 1.30 bits per heavy atom. The fraction of sp³-hybridized carbons (Fsp3) is 0.562. The third kappa shape index (κ3) is 3.51. The molecule has 1 fully saturated rings. The molecule has 1 aliphatic rings. The molecule has 0 saturated carbocycles. The summed E-state index contributed by atoms with van der Waals surface area (Å²) in [5.74, 6) is 0.782. The zero-order valence-electron chi connectivity index (χ0n) is 12.4. The van der Waals surface area contributed by atoms with E-state index >= 15 is 0 Å². The molecule has 1 aliphatic heterocycles. The molecule has 4 heteroatoms. The van der Waals surface area contributed by atoms with E-state index in [9.17, 15) is 4.79 Å². The number of methoxy groups -OCH3 is 1. The Balaban J connectivity index is 2.05. The summed E-state index contributed by atoms with van der Waals surface area (Å²) in [7, 11) is 1.59. The van der Waals surface area contributed by atoms with Gasteiger partial charge in [0.1, 0.15) is 11.4 Å². The van der Waals surface area contributed by atoms with E-state index in [1.165, 1.54) is 0 Å². The Morgan fingerprint density at radius 3 is 2.65 bits per heavy atom. The molecule has 0 unspecified atom stereocenters. The number of piperidine rings is 1. The molecule has 2 rings (SSSR count). The number of hydrogen-bond donors (Lipinski definition) is 1. The number of rotatable bonds is 4. The van der Waals surface area contributed by atoms with Crippen LogP contribution in [0.2, 0.25) is 0 Å². The van der Waals surface area contributed by atoms with E-state index in [1.807, 2.05) is 19.9 Å². The molecule has 1 aromatic carbocycles. The minimum Gasteiger partial charge on any atom is -0.497 e. The average Bonchev–Trinajstić information content (AvgIpc) is 2.48. The standard InChI is InChI=1S/C16H23NO3/c1-16(2,13-7-9-17-10-8-13)20-15(18)12-5-4-6-14(11-12)19-3/h4-6,11,13,17H,7-10H2,1-3H3. The highest BCUT2D eigenvalue weighted by Gasteiger charge is 2.34. The topological polar surface area (TPSA) is 47.6 Å². The smallest absolute Gasteiger partial charge is 0.338 e. The molecule has 0 aromatic heterocycles. The van der Waals surface area contributed by atoms with Gasteiger partial charge in [0.15, 0.2) is 0 Å². The van der Waals surface area contributed by atoms with Crippen LogP contribution < -0.4 is 10.1 Å². The normalized spacial score (nSPS) is 16.8. The quantitative estimate of drug-likeness (QED) is 0.859. The van der Waals surface area contributed by atoms with Crippen molar-refractivity contribution in [3.8, 4) is 5.75 Å². The minimum atomic E-state index is -0.442. The number of carbonyl (C=O) groups is 1. The molecule has 0 radical (unpaired) electrons. The van der Waals surface area contributed by atoms with Crippen molar-refractivity contribution in [2.75, 3.05) is 20.2 Å². The predicted octanol–water partition coefficient (Wildman–Crippen LogP) is 2.63. The molecule has 1 N–H and O–H groups in total. The van der Waals surface area contributed by atoms with E-state index in [-0.39, 0.29) is 5.97 Å². The average molecular weight is 277 g/mol. The van der Waals surface area contributed by atoms with Gasteiger partial charge in [0, 0.05) is 5.92 Å². The minimum absolute atomic E-state index is 0.285. The maximum absolute atomic E-state index is 12.3. The van der Waals surface area contributed by atoms with Crippen molar-refractivity contribution in [2.24, 2.45) is 5.92 Å². The summed E-state index contributed by atoms with van der Waals surface area (Å²) >= 11 is 0. The van der Waals surface area contributed by atoms with Crippen molar-refractivity contribution in [3.63, 3.8) is 0 Å². The van der Waals surface area contributed by atoms with Crippen LogP contribution in [-0.4, -0.2) is 31.8 Å². The Kier molecular flexibility index (Phi) is 4.65. The van der Waals surface area contributed by atoms with Crippen molar-refractivity contribution in [1.29, 1.82) is 0 Å². The predicted molar refractivity (Wildman–Crippen MR) is 78.1 cm³/mol. The van der Waals surface area contributed by atoms with E-state index in [0.29, 0.717) is 17.2 Å². The molecule has 1 saturated heterocycles. The van der Waals surface area contributed by atoms with Crippen molar-refractivity contribution >= 4 is 5.97 Å². The molecule has 20 heavy (non-hydrogen) atoms. The van der Waals surface area contributed by atoms with Gasteiger partial charge in [-0.15, -0.1) is 0 Å². The Morgan fingerprint density at radius 2 is 2.00 bits per heavy atom. The molecule has 1 heterocycles. The largest absolute Gasteiger partial charge is 0.497 e. The molecule has 0 amide bonds. The monoisotopic (exact) mass is 277 g/mol. The molecule has 4 nitrogen and oxygen atoms in total. The summed E-state index contributed by atoms with van der Waals surface area (Å²) < 4.78 is 10.9. The van der Waals surface area contributed by atoms with Gasteiger partial charge in [0.05, 0.1) is 12.7 Å². The zero-order chi connectivity index (χ0) is 14.6. The summed E-state index contributed by atoms with van der Waals surface area (Å²) in [5.41, 5.74) is 0.0915. The lowest BCUT2D eigenvalue weighted by Crippen LogP contribution is -2.42.